The number of carboxylic acids is 1. The van der Waals surface area contributed by atoms with Gasteiger partial charge in [0.2, 0.25) is 0 Å². The van der Waals surface area contributed by atoms with Crippen molar-refractivity contribution < 1.29 is 24.2 Å². The summed E-state index contributed by atoms with van der Waals surface area (Å²) in [6.07, 6.45) is -0.508. The number of benzene rings is 2. The number of amides is 1. The van der Waals surface area contributed by atoms with Gasteiger partial charge < -0.3 is 14.6 Å². The van der Waals surface area contributed by atoms with E-state index in [0.29, 0.717) is 5.75 Å². The molecule has 0 saturated heterocycles. The maximum absolute atomic E-state index is 12.3. The highest BCUT2D eigenvalue weighted by molar-refractivity contribution is 5.80. The number of rotatable bonds is 7. The lowest BCUT2D eigenvalue weighted by molar-refractivity contribution is -0.142. The first-order chi connectivity index (χ1) is 13.2. The molecule has 0 aliphatic rings. The van der Waals surface area contributed by atoms with Crippen LogP contribution in [0.2, 0.25) is 0 Å². The van der Waals surface area contributed by atoms with Crippen LogP contribution in [-0.4, -0.2) is 40.8 Å². The molecule has 0 spiro atoms. The monoisotopic (exact) mass is 385 g/mol. The number of hydrogen-bond donors (Lipinski definition) is 1. The smallest absolute Gasteiger partial charge is 0.410 e. The topological polar surface area (TPSA) is 76.1 Å². The van der Waals surface area contributed by atoms with Gasteiger partial charge in [0.25, 0.3) is 0 Å². The lowest BCUT2D eigenvalue weighted by Gasteiger charge is -2.25. The molecule has 1 atom stereocenters. The lowest BCUT2D eigenvalue weighted by atomic mass is 10.0. The van der Waals surface area contributed by atoms with Gasteiger partial charge in [0.05, 0.1) is 0 Å². The molecule has 150 valence electrons. The van der Waals surface area contributed by atoms with Gasteiger partial charge in [-0.25, -0.2) is 9.59 Å². The van der Waals surface area contributed by atoms with E-state index >= 15 is 0 Å². The van der Waals surface area contributed by atoms with Crippen LogP contribution >= 0.6 is 0 Å². The van der Waals surface area contributed by atoms with Crippen molar-refractivity contribution in [2.24, 2.45) is 0 Å². The Bertz CT molecular complexity index is 781. The van der Waals surface area contributed by atoms with E-state index in [1.54, 1.807) is 24.3 Å². The highest BCUT2D eigenvalue weighted by Crippen LogP contribution is 2.20. The first-order valence-electron chi connectivity index (χ1n) is 9.10. The molecule has 0 heterocycles. The molecule has 0 radical (unpaired) electrons. The number of aliphatic carboxylic acids is 1. The molecule has 2 rings (SSSR count). The second-order valence-electron chi connectivity index (χ2n) is 7.57. The van der Waals surface area contributed by atoms with Crippen molar-refractivity contribution in [3.8, 4) is 5.75 Å². The minimum absolute atomic E-state index is 0.0925. The van der Waals surface area contributed by atoms with Crippen LogP contribution in [0.4, 0.5) is 4.79 Å². The molecule has 1 N–H and O–H groups in total. The van der Waals surface area contributed by atoms with Gasteiger partial charge in [0.15, 0.2) is 0 Å². The minimum atomic E-state index is -1.09. The Labute approximate surface area is 165 Å². The van der Waals surface area contributed by atoms with Crippen molar-refractivity contribution in [1.29, 1.82) is 0 Å². The summed E-state index contributed by atoms with van der Waals surface area (Å²) >= 11 is 0. The fraction of sp³-hybridized carbons (Fsp3) is 0.364. The van der Waals surface area contributed by atoms with E-state index in [-0.39, 0.29) is 18.6 Å². The van der Waals surface area contributed by atoms with Gasteiger partial charge in [-0.2, -0.15) is 0 Å². The van der Waals surface area contributed by atoms with Crippen molar-refractivity contribution in [3.05, 3.63) is 65.7 Å². The van der Waals surface area contributed by atoms with Crippen LogP contribution in [0.3, 0.4) is 0 Å². The van der Waals surface area contributed by atoms with E-state index in [0.717, 1.165) is 16.0 Å². The molecular formula is C22H27NO5. The minimum Gasteiger partial charge on any atom is -0.488 e. The second-order valence-corrected chi connectivity index (χ2v) is 7.57. The number of likely N-dealkylation sites (N-methyl/N-ethyl adjacent to an activating group) is 1. The van der Waals surface area contributed by atoms with Crippen LogP contribution < -0.4 is 4.74 Å². The Hall–Kier alpha value is -3.02. The molecule has 1 unspecified atom stereocenters. The van der Waals surface area contributed by atoms with Crippen LogP contribution in [0.15, 0.2) is 54.6 Å². The molecule has 0 bridgehead atoms. The Morgan fingerprint density at radius 3 is 2.14 bits per heavy atom. The average Bonchev–Trinajstić information content (AvgIpc) is 2.64. The quantitative estimate of drug-likeness (QED) is 0.776. The van der Waals surface area contributed by atoms with Crippen molar-refractivity contribution in [3.63, 3.8) is 0 Å². The number of ether oxygens (including phenoxy) is 2. The predicted octanol–water partition coefficient (Wildman–Crippen LogP) is 4.13. The SMILES string of the molecule is CN(C(=O)OCc1ccccc1)C(Cc1ccc(OC(C)(C)C)cc1)C(=O)O. The zero-order valence-corrected chi connectivity index (χ0v) is 16.7. The van der Waals surface area contributed by atoms with Crippen molar-refractivity contribution in [2.45, 2.75) is 45.4 Å². The summed E-state index contributed by atoms with van der Waals surface area (Å²) in [5.74, 6) is -0.382. The number of carbonyl (C=O) groups is 2. The molecule has 1 amide bonds. The van der Waals surface area contributed by atoms with Gasteiger partial charge in [0.1, 0.15) is 24.0 Å². The van der Waals surface area contributed by atoms with E-state index in [1.807, 2.05) is 51.1 Å². The largest absolute Gasteiger partial charge is 0.488 e. The first kappa shape index (κ1) is 21.3. The third kappa shape index (κ3) is 6.61. The van der Waals surface area contributed by atoms with Crippen LogP contribution in [0.5, 0.6) is 5.75 Å². The van der Waals surface area contributed by atoms with Crippen molar-refractivity contribution >= 4 is 12.1 Å². The van der Waals surface area contributed by atoms with Crippen LogP contribution in [-0.2, 0) is 22.6 Å². The average molecular weight is 385 g/mol. The molecular weight excluding hydrogens is 358 g/mol. The van der Waals surface area contributed by atoms with E-state index in [2.05, 4.69) is 0 Å². The van der Waals surface area contributed by atoms with Crippen molar-refractivity contribution in [2.75, 3.05) is 7.05 Å². The van der Waals surface area contributed by atoms with E-state index in [1.165, 1.54) is 7.05 Å². The van der Waals surface area contributed by atoms with Crippen LogP contribution in [0, 0.1) is 0 Å². The maximum Gasteiger partial charge on any atom is 0.410 e. The highest BCUT2D eigenvalue weighted by Gasteiger charge is 2.28. The normalized spacial score (nSPS) is 12.1. The summed E-state index contributed by atoms with van der Waals surface area (Å²) in [5.41, 5.74) is 1.32. The second kappa shape index (κ2) is 9.26. The maximum atomic E-state index is 12.3. The van der Waals surface area contributed by atoms with E-state index in [9.17, 15) is 14.7 Å². The molecule has 0 saturated carbocycles. The molecule has 6 heteroatoms. The molecule has 0 aliphatic heterocycles. The van der Waals surface area contributed by atoms with E-state index in [4.69, 9.17) is 9.47 Å². The third-order valence-corrected chi connectivity index (χ3v) is 4.02. The van der Waals surface area contributed by atoms with Crippen molar-refractivity contribution in [1.82, 2.24) is 4.90 Å². The van der Waals surface area contributed by atoms with Gasteiger partial charge in [-0.05, 0) is 44.0 Å². The third-order valence-electron chi connectivity index (χ3n) is 4.02. The first-order valence-corrected chi connectivity index (χ1v) is 9.10. The molecule has 2 aromatic rings. The zero-order chi connectivity index (χ0) is 20.7. The lowest BCUT2D eigenvalue weighted by Crippen LogP contribution is -2.44. The van der Waals surface area contributed by atoms with Gasteiger partial charge >= 0.3 is 12.1 Å². The molecule has 0 fully saturated rings. The molecule has 28 heavy (non-hydrogen) atoms. The number of nitrogens with zero attached hydrogens (tertiary/aromatic N) is 1. The van der Waals surface area contributed by atoms with Gasteiger partial charge in [0, 0.05) is 13.5 Å². The summed E-state index contributed by atoms with van der Waals surface area (Å²) in [5, 5.41) is 9.57. The summed E-state index contributed by atoms with van der Waals surface area (Å²) in [6, 6.07) is 15.4. The Kier molecular flexibility index (Phi) is 7.04. The summed E-state index contributed by atoms with van der Waals surface area (Å²) in [6.45, 7) is 5.96. The zero-order valence-electron chi connectivity index (χ0n) is 16.7. The molecule has 0 aliphatic carbocycles. The van der Waals surface area contributed by atoms with Crippen LogP contribution in [0.1, 0.15) is 31.9 Å². The fourth-order valence-corrected chi connectivity index (χ4v) is 2.61. The highest BCUT2D eigenvalue weighted by atomic mass is 16.6. The van der Waals surface area contributed by atoms with Crippen LogP contribution in [0.25, 0.3) is 0 Å². The van der Waals surface area contributed by atoms with E-state index < -0.39 is 18.1 Å². The molecule has 0 aromatic heterocycles. The summed E-state index contributed by atoms with van der Waals surface area (Å²) in [4.78, 5) is 25.1. The summed E-state index contributed by atoms with van der Waals surface area (Å²) in [7, 11) is 1.43. The standard InChI is InChI=1S/C22H27NO5/c1-22(2,3)28-18-12-10-16(11-13-18)14-19(20(24)25)23(4)21(26)27-15-17-8-6-5-7-9-17/h5-13,19H,14-15H2,1-4H3,(H,24,25). The Morgan fingerprint density at radius 1 is 1.00 bits per heavy atom. The Balaban J connectivity index is 1.99. The number of hydrogen-bond acceptors (Lipinski definition) is 4. The molecule has 6 nitrogen and oxygen atoms in total. The predicted molar refractivity (Wildman–Crippen MR) is 106 cm³/mol. The van der Waals surface area contributed by atoms with Gasteiger partial charge in [-0.3, -0.25) is 4.90 Å². The number of carbonyl (C=O) groups excluding carboxylic acids is 1. The van der Waals surface area contributed by atoms with Gasteiger partial charge in [-0.1, -0.05) is 42.5 Å². The van der Waals surface area contributed by atoms with Gasteiger partial charge in [-0.15, -0.1) is 0 Å². The Morgan fingerprint density at radius 2 is 1.61 bits per heavy atom. The fourth-order valence-electron chi connectivity index (χ4n) is 2.61. The molecule has 2 aromatic carbocycles. The summed E-state index contributed by atoms with van der Waals surface area (Å²) < 4.78 is 11.0. The number of carboxylic acid groups (broad SMARTS) is 1.